The second-order valence-electron chi connectivity index (χ2n) is 7.36. The van der Waals surface area contributed by atoms with Gasteiger partial charge >= 0.3 is 0 Å². The molecule has 0 bridgehead atoms. The maximum atomic E-state index is 14.0. The topological polar surface area (TPSA) is 26.9 Å². The highest BCUT2D eigenvalue weighted by atomic mass is 127. The SMILES string of the molecule is [O-][n+]1c(-c2c(Cl)cccc2Cl)c(-c2ccccc2)c(-c2ccccc2)c2cccc(I)c21. The van der Waals surface area contributed by atoms with Crippen molar-refractivity contribution < 1.29 is 4.73 Å². The fourth-order valence-electron chi connectivity index (χ4n) is 4.13. The van der Waals surface area contributed by atoms with Crippen LogP contribution in [-0.4, -0.2) is 0 Å². The van der Waals surface area contributed by atoms with Crippen LogP contribution in [0.4, 0.5) is 0 Å². The van der Waals surface area contributed by atoms with Gasteiger partial charge in [0.25, 0.3) is 0 Å². The second-order valence-corrected chi connectivity index (χ2v) is 9.33. The van der Waals surface area contributed by atoms with Gasteiger partial charge in [0, 0.05) is 5.56 Å². The third-order valence-electron chi connectivity index (χ3n) is 5.47. The van der Waals surface area contributed by atoms with Crippen LogP contribution in [0.25, 0.3) is 44.4 Å². The lowest BCUT2D eigenvalue weighted by Crippen LogP contribution is -2.32. The Morgan fingerprint density at radius 2 is 1.12 bits per heavy atom. The summed E-state index contributed by atoms with van der Waals surface area (Å²) in [5.74, 6) is 0. The quantitative estimate of drug-likeness (QED) is 0.122. The van der Waals surface area contributed by atoms with Crippen LogP contribution in [0.1, 0.15) is 0 Å². The summed E-state index contributed by atoms with van der Waals surface area (Å²) in [4.78, 5) is 0. The molecule has 0 aliphatic rings. The summed E-state index contributed by atoms with van der Waals surface area (Å²) in [6, 6.07) is 31.3. The van der Waals surface area contributed by atoms with E-state index in [-0.39, 0.29) is 0 Å². The molecule has 0 fully saturated rings. The molecule has 0 aliphatic carbocycles. The van der Waals surface area contributed by atoms with Gasteiger partial charge in [0.15, 0.2) is 0 Å². The molecule has 0 saturated carbocycles. The molecule has 32 heavy (non-hydrogen) atoms. The van der Waals surface area contributed by atoms with Gasteiger partial charge in [-0.25, -0.2) is 0 Å². The molecule has 5 heteroatoms. The Bertz CT molecular complexity index is 1430. The zero-order chi connectivity index (χ0) is 22.2. The van der Waals surface area contributed by atoms with E-state index in [4.69, 9.17) is 23.2 Å². The number of nitrogens with zero attached hydrogens (tertiary/aromatic N) is 1. The number of hydrogen-bond acceptors (Lipinski definition) is 1. The van der Waals surface area contributed by atoms with Gasteiger partial charge in [-0.3, -0.25) is 0 Å². The molecule has 4 aromatic carbocycles. The molecule has 0 saturated heterocycles. The Labute approximate surface area is 209 Å². The van der Waals surface area contributed by atoms with Gasteiger partial charge in [0.05, 0.1) is 30.1 Å². The fourth-order valence-corrected chi connectivity index (χ4v) is 5.42. The smallest absolute Gasteiger partial charge is 0.238 e. The lowest BCUT2D eigenvalue weighted by molar-refractivity contribution is -0.564. The van der Waals surface area contributed by atoms with E-state index in [9.17, 15) is 5.21 Å². The van der Waals surface area contributed by atoms with Gasteiger partial charge in [0.1, 0.15) is 0 Å². The first-order valence-corrected chi connectivity index (χ1v) is 11.8. The number of aromatic nitrogens is 1. The third kappa shape index (κ3) is 3.54. The Balaban J connectivity index is 2.09. The first-order valence-electron chi connectivity index (χ1n) is 10.0. The summed E-state index contributed by atoms with van der Waals surface area (Å²) < 4.78 is 1.84. The Kier molecular flexibility index (Phi) is 5.80. The largest absolute Gasteiger partial charge is 0.618 e. The number of halogens is 3. The molecule has 0 aliphatic heterocycles. The highest BCUT2D eigenvalue weighted by Crippen LogP contribution is 2.46. The monoisotopic (exact) mass is 567 g/mol. The van der Waals surface area contributed by atoms with E-state index in [1.165, 1.54) is 0 Å². The van der Waals surface area contributed by atoms with Crippen molar-refractivity contribution in [1.29, 1.82) is 0 Å². The lowest BCUT2D eigenvalue weighted by Gasteiger charge is -2.20. The Hall–Kier alpha value is -2.60. The minimum Gasteiger partial charge on any atom is -0.618 e. The highest BCUT2D eigenvalue weighted by molar-refractivity contribution is 14.1. The van der Waals surface area contributed by atoms with E-state index in [1.807, 2.05) is 66.7 Å². The van der Waals surface area contributed by atoms with Crippen LogP contribution in [0.3, 0.4) is 0 Å². The Morgan fingerprint density at radius 1 is 0.594 bits per heavy atom. The van der Waals surface area contributed by atoms with Crippen molar-refractivity contribution in [2.45, 2.75) is 0 Å². The van der Waals surface area contributed by atoms with Crippen LogP contribution < -0.4 is 4.73 Å². The molecular formula is C27H16Cl2INO. The minimum absolute atomic E-state index is 0.434. The molecule has 0 unspecified atom stereocenters. The van der Waals surface area contributed by atoms with Gasteiger partial charge in [-0.1, -0.05) is 96.0 Å². The standard InChI is InChI=1S/C27H16Cl2INO/c28-20-14-8-15-21(29)25(20)27-24(18-11-5-2-6-12-18)23(17-9-3-1-4-10-17)19-13-7-16-22(30)26(19)31(27)32/h1-16H. The number of fused-ring (bicyclic) bond motifs is 1. The molecule has 0 amide bonds. The molecule has 0 radical (unpaired) electrons. The van der Waals surface area contributed by atoms with Crippen molar-refractivity contribution >= 4 is 56.7 Å². The summed E-state index contributed by atoms with van der Waals surface area (Å²) in [5.41, 5.74) is 5.29. The van der Waals surface area contributed by atoms with Gasteiger partial charge in [-0.15, -0.1) is 0 Å². The van der Waals surface area contributed by atoms with E-state index >= 15 is 0 Å². The number of rotatable bonds is 3. The van der Waals surface area contributed by atoms with Crippen LogP contribution in [0.15, 0.2) is 97.1 Å². The van der Waals surface area contributed by atoms with Gasteiger partial charge in [-0.05, 0) is 58.0 Å². The number of benzene rings is 4. The zero-order valence-corrected chi connectivity index (χ0v) is 20.4. The highest BCUT2D eigenvalue weighted by Gasteiger charge is 2.30. The molecule has 156 valence electrons. The first-order chi connectivity index (χ1) is 15.6. The zero-order valence-electron chi connectivity index (χ0n) is 16.7. The van der Waals surface area contributed by atoms with Crippen molar-refractivity contribution in [3.63, 3.8) is 0 Å². The van der Waals surface area contributed by atoms with E-state index in [0.29, 0.717) is 26.8 Å². The normalized spacial score (nSPS) is 11.1. The van der Waals surface area contributed by atoms with E-state index in [0.717, 1.165) is 35.9 Å². The summed E-state index contributed by atoms with van der Waals surface area (Å²) in [6.45, 7) is 0. The van der Waals surface area contributed by atoms with E-state index in [1.54, 1.807) is 18.2 Å². The average molecular weight is 568 g/mol. The molecule has 0 N–H and O–H groups in total. The predicted octanol–water partition coefficient (Wildman–Crippen LogP) is 8.39. The maximum Gasteiger partial charge on any atom is 0.238 e. The van der Waals surface area contributed by atoms with Crippen LogP contribution in [0, 0.1) is 8.78 Å². The lowest BCUT2D eigenvalue weighted by atomic mass is 9.88. The second kappa shape index (κ2) is 8.74. The predicted molar refractivity (Wildman–Crippen MR) is 142 cm³/mol. The number of para-hydroxylation sites is 1. The summed E-state index contributed by atoms with van der Waals surface area (Å²) in [6.07, 6.45) is 0. The minimum atomic E-state index is 0.434. The molecule has 0 spiro atoms. The van der Waals surface area contributed by atoms with Crippen molar-refractivity contribution in [3.05, 3.63) is 116 Å². The van der Waals surface area contributed by atoms with Gasteiger partial charge < -0.3 is 5.21 Å². The fraction of sp³-hybridized carbons (Fsp3) is 0. The summed E-state index contributed by atoms with van der Waals surface area (Å²) >= 11 is 15.5. The van der Waals surface area contributed by atoms with Crippen molar-refractivity contribution in [3.8, 4) is 33.5 Å². The van der Waals surface area contributed by atoms with Crippen molar-refractivity contribution in [2.24, 2.45) is 0 Å². The molecule has 1 aromatic heterocycles. The molecule has 2 nitrogen and oxygen atoms in total. The van der Waals surface area contributed by atoms with Gasteiger partial charge in [0.2, 0.25) is 11.2 Å². The van der Waals surface area contributed by atoms with E-state index in [2.05, 4.69) is 34.7 Å². The first kappa shape index (κ1) is 21.3. The third-order valence-corrected chi connectivity index (χ3v) is 6.97. The molecule has 1 heterocycles. The molecular weight excluding hydrogens is 552 g/mol. The van der Waals surface area contributed by atoms with Crippen LogP contribution >= 0.6 is 45.8 Å². The Morgan fingerprint density at radius 3 is 1.72 bits per heavy atom. The van der Waals surface area contributed by atoms with Crippen LogP contribution in [0.2, 0.25) is 10.0 Å². The van der Waals surface area contributed by atoms with Crippen molar-refractivity contribution in [1.82, 2.24) is 0 Å². The summed E-state index contributed by atoms with van der Waals surface area (Å²) in [5, 5.41) is 15.8. The molecule has 0 atom stereocenters. The van der Waals surface area contributed by atoms with Gasteiger partial charge in [-0.2, -0.15) is 4.73 Å². The van der Waals surface area contributed by atoms with Crippen molar-refractivity contribution in [2.75, 3.05) is 0 Å². The maximum absolute atomic E-state index is 14.0. The number of hydrogen-bond donors (Lipinski definition) is 0. The number of pyridine rings is 1. The summed E-state index contributed by atoms with van der Waals surface area (Å²) in [7, 11) is 0. The molecule has 5 rings (SSSR count). The van der Waals surface area contributed by atoms with E-state index < -0.39 is 0 Å². The van der Waals surface area contributed by atoms with Crippen LogP contribution in [-0.2, 0) is 0 Å². The van der Waals surface area contributed by atoms with Crippen LogP contribution in [0.5, 0.6) is 0 Å². The molecule has 5 aromatic rings. The average Bonchev–Trinajstić information content (AvgIpc) is 2.81.